The van der Waals surface area contributed by atoms with Crippen LogP contribution in [-0.4, -0.2) is 18.0 Å². The van der Waals surface area contributed by atoms with Crippen molar-refractivity contribution >= 4 is 13.3 Å². The maximum absolute atomic E-state index is 5.69. The molecule has 86 valence electrons. The third-order valence-electron chi connectivity index (χ3n) is 2.71. The molecule has 0 amide bonds. The van der Waals surface area contributed by atoms with Crippen LogP contribution in [0.2, 0.25) is 0 Å². The number of benzene rings is 2. The average molecular weight is 234 g/mol. The quantitative estimate of drug-likeness (QED) is 0.633. The van der Waals surface area contributed by atoms with Crippen molar-refractivity contribution < 1.29 is 4.42 Å². The fourth-order valence-electron chi connectivity index (χ4n) is 1.82. The van der Waals surface area contributed by atoms with Gasteiger partial charge in [-0.3, -0.25) is 0 Å². The van der Waals surface area contributed by atoms with Gasteiger partial charge in [-0.2, -0.15) is 0 Å². The Bertz CT molecular complexity index is 664. The molecule has 0 aliphatic heterocycles. The van der Waals surface area contributed by atoms with E-state index < -0.39 is 0 Å². The van der Waals surface area contributed by atoms with Crippen LogP contribution >= 0.6 is 0 Å². The molecule has 3 nitrogen and oxygen atoms in total. The zero-order valence-corrected chi connectivity index (χ0v) is 10.00. The largest absolute Gasteiger partial charge is 0.416 e. The molecule has 0 spiro atoms. The van der Waals surface area contributed by atoms with Crippen molar-refractivity contribution in [1.29, 1.82) is 0 Å². The van der Waals surface area contributed by atoms with Crippen LogP contribution in [0.5, 0.6) is 0 Å². The topological polar surface area (TPSA) is 38.9 Å². The zero-order chi connectivity index (χ0) is 12.4. The van der Waals surface area contributed by atoms with E-state index in [-0.39, 0.29) is 0 Å². The lowest BCUT2D eigenvalue weighted by atomic mass is 9.94. The summed E-state index contributed by atoms with van der Waals surface area (Å²) in [4.78, 5) is 0. The summed E-state index contributed by atoms with van der Waals surface area (Å²) in [5.41, 5.74) is 3.06. The average Bonchev–Trinajstić information content (AvgIpc) is 2.89. The molecule has 2 aromatic carbocycles. The zero-order valence-electron chi connectivity index (χ0n) is 10.00. The minimum atomic E-state index is 0.548. The Morgan fingerprint density at radius 1 is 0.778 bits per heavy atom. The highest BCUT2D eigenvalue weighted by Gasteiger charge is 2.09. The summed E-state index contributed by atoms with van der Waals surface area (Å²) >= 11 is 0. The van der Waals surface area contributed by atoms with Crippen LogP contribution in [-0.2, 0) is 0 Å². The molecule has 0 saturated heterocycles. The molecule has 0 aliphatic rings. The molecule has 0 bridgehead atoms. The lowest BCUT2D eigenvalue weighted by Crippen LogP contribution is -2.00. The number of aromatic nitrogens is 2. The minimum Gasteiger partial charge on any atom is -0.416 e. The van der Waals surface area contributed by atoms with Gasteiger partial charge in [0.15, 0.2) is 0 Å². The first-order valence-electron chi connectivity index (χ1n) is 5.79. The Balaban J connectivity index is 2.00. The van der Waals surface area contributed by atoms with Crippen molar-refractivity contribution in [3.63, 3.8) is 0 Å². The lowest BCUT2D eigenvalue weighted by Gasteiger charge is -1.96. The maximum atomic E-state index is 5.69. The van der Waals surface area contributed by atoms with Crippen LogP contribution in [0, 0.1) is 0 Å². The predicted molar refractivity (Wildman–Crippen MR) is 73.3 cm³/mol. The molecule has 3 aromatic rings. The van der Waals surface area contributed by atoms with Gasteiger partial charge in [0.05, 0.1) is 0 Å². The van der Waals surface area contributed by atoms with E-state index in [2.05, 4.69) is 10.2 Å². The summed E-state index contributed by atoms with van der Waals surface area (Å²) in [6.07, 6.45) is 0. The third kappa shape index (κ3) is 2.05. The van der Waals surface area contributed by atoms with Crippen molar-refractivity contribution in [2.75, 3.05) is 0 Å². The maximum Gasteiger partial charge on any atom is 0.248 e. The Morgan fingerprint density at radius 3 is 2.17 bits per heavy atom. The van der Waals surface area contributed by atoms with Crippen molar-refractivity contribution in [3.8, 4) is 22.9 Å². The highest BCUT2D eigenvalue weighted by molar-refractivity contribution is 6.32. The highest BCUT2D eigenvalue weighted by Crippen LogP contribution is 2.22. The van der Waals surface area contributed by atoms with Crippen molar-refractivity contribution in [2.45, 2.75) is 0 Å². The Morgan fingerprint density at radius 2 is 1.44 bits per heavy atom. The molecule has 0 N–H and O–H groups in total. The Labute approximate surface area is 106 Å². The van der Waals surface area contributed by atoms with E-state index in [4.69, 9.17) is 4.42 Å². The van der Waals surface area contributed by atoms with E-state index >= 15 is 0 Å². The number of rotatable bonds is 2. The molecule has 0 aliphatic carbocycles. The first-order chi connectivity index (χ1) is 8.83. The van der Waals surface area contributed by atoms with Crippen LogP contribution in [0.25, 0.3) is 22.9 Å². The molecule has 0 atom stereocenters. The summed E-state index contributed by atoms with van der Waals surface area (Å²) in [5.74, 6) is 1.10. The van der Waals surface area contributed by atoms with Crippen molar-refractivity contribution in [1.82, 2.24) is 10.2 Å². The molecular weight excluding hydrogens is 223 g/mol. The Hall–Kier alpha value is -2.36. The molecular formula is C14H11BN2O. The summed E-state index contributed by atoms with van der Waals surface area (Å²) in [7, 11) is 2.04. The van der Waals surface area contributed by atoms with Crippen molar-refractivity contribution in [2.24, 2.45) is 0 Å². The van der Waals surface area contributed by atoms with E-state index in [0.717, 1.165) is 11.1 Å². The van der Waals surface area contributed by atoms with Gasteiger partial charge in [0.1, 0.15) is 7.85 Å². The highest BCUT2D eigenvalue weighted by atomic mass is 16.4. The summed E-state index contributed by atoms with van der Waals surface area (Å²) in [6.45, 7) is 0. The third-order valence-corrected chi connectivity index (χ3v) is 2.71. The van der Waals surface area contributed by atoms with Gasteiger partial charge in [-0.15, -0.1) is 10.2 Å². The van der Waals surface area contributed by atoms with Crippen molar-refractivity contribution in [3.05, 3.63) is 54.6 Å². The number of nitrogens with zero attached hydrogens (tertiary/aromatic N) is 2. The predicted octanol–water partition coefficient (Wildman–Crippen LogP) is 1.66. The second kappa shape index (κ2) is 4.49. The lowest BCUT2D eigenvalue weighted by molar-refractivity contribution is 0.584. The van der Waals surface area contributed by atoms with E-state index in [1.165, 1.54) is 5.46 Å². The first-order valence-corrected chi connectivity index (χ1v) is 5.79. The van der Waals surface area contributed by atoms with Crippen LogP contribution < -0.4 is 5.46 Å². The smallest absolute Gasteiger partial charge is 0.248 e. The Kier molecular flexibility index (Phi) is 2.69. The van der Waals surface area contributed by atoms with Crippen LogP contribution in [0.4, 0.5) is 0 Å². The summed E-state index contributed by atoms with van der Waals surface area (Å²) in [5, 5.41) is 8.16. The van der Waals surface area contributed by atoms with Gasteiger partial charge < -0.3 is 4.42 Å². The molecule has 18 heavy (non-hydrogen) atoms. The number of hydrogen-bond donors (Lipinski definition) is 0. The van der Waals surface area contributed by atoms with E-state index in [9.17, 15) is 0 Å². The summed E-state index contributed by atoms with van der Waals surface area (Å²) in [6, 6.07) is 17.8. The van der Waals surface area contributed by atoms with Gasteiger partial charge in [-0.1, -0.05) is 41.9 Å². The fourth-order valence-corrected chi connectivity index (χ4v) is 1.82. The monoisotopic (exact) mass is 234 g/mol. The van der Waals surface area contributed by atoms with Crippen LogP contribution in [0.15, 0.2) is 59.0 Å². The van der Waals surface area contributed by atoms with Gasteiger partial charge in [0.2, 0.25) is 11.8 Å². The molecule has 1 aromatic heterocycles. The van der Waals surface area contributed by atoms with Crippen LogP contribution in [0.3, 0.4) is 0 Å². The molecule has 0 unspecified atom stereocenters. The molecule has 0 fully saturated rings. The van der Waals surface area contributed by atoms with E-state index in [1.54, 1.807) is 0 Å². The molecule has 0 saturated carbocycles. The van der Waals surface area contributed by atoms with Gasteiger partial charge in [0.25, 0.3) is 0 Å². The second-order valence-corrected chi connectivity index (χ2v) is 4.15. The van der Waals surface area contributed by atoms with E-state index in [0.29, 0.717) is 11.8 Å². The second-order valence-electron chi connectivity index (χ2n) is 4.15. The van der Waals surface area contributed by atoms with Gasteiger partial charge in [-0.25, -0.2) is 0 Å². The van der Waals surface area contributed by atoms with Gasteiger partial charge in [0, 0.05) is 11.1 Å². The molecule has 3 rings (SSSR count). The normalized spacial score (nSPS) is 10.4. The van der Waals surface area contributed by atoms with Gasteiger partial charge >= 0.3 is 0 Å². The molecule has 0 radical (unpaired) electrons. The van der Waals surface area contributed by atoms with E-state index in [1.807, 2.05) is 62.4 Å². The van der Waals surface area contributed by atoms with Crippen LogP contribution in [0.1, 0.15) is 0 Å². The fraction of sp³-hybridized carbons (Fsp3) is 0. The first kappa shape index (κ1) is 10.8. The summed E-state index contributed by atoms with van der Waals surface area (Å²) < 4.78 is 5.69. The minimum absolute atomic E-state index is 0.548. The van der Waals surface area contributed by atoms with Gasteiger partial charge in [-0.05, 0) is 18.2 Å². The molecule has 1 heterocycles. The number of hydrogen-bond acceptors (Lipinski definition) is 3. The molecule has 4 heteroatoms. The SMILES string of the molecule is Bc1cccc(-c2nnc(-c3ccccc3)o2)c1. The standard InChI is InChI=1S/C14H11BN2O/c15-12-8-4-7-11(9-12)14-17-16-13(18-14)10-5-2-1-3-6-10/h1-9H,15H2.